The zero-order valence-electron chi connectivity index (χ0n) is 9.31. The molecular weight excluding hydrogens is 352 g/mol. The molecule has 90 valence electrons. The van der Waals surface area contributed by atoms with E-state index in [9.17, 15) is 4.79 Å². The van der Waals surface area contributed by atoms with Gasteiger partial charge in [-0.2, -0.15) is 0 Å². The topological polar surface area (TPSA) is 52.7 Å². The third-order valence-electron chi connectivity index (χ3n) is 2.50. The lowest BCUT2D eigenvalue weighted by molar-refractivity contribution is 0.668. The van der Waals surface area contributed by atoms with Crippen molar-refractivity contribution in [2.75, 3.05) is 0 Å². The first-order valence-corrected chi connectivity index (χ1v) is 6.48. The maximum absolute atomic E-state index is 11.9. The van der Waals surface area contributed by atoms with E-state index in [1.165, 1.54) is 0 Å². The Labute approximate surface area is 115 Å². The summed E-state index contributed by atoms with van der Waals surface area (Å²) in [5, 5.41) is 7.99. The predicted octanol–water partition coefficient (Wildman–Crippen LogP) is 1.86. The van der Waals surface area contributed by atoms with Crippen molar-refractivity contribution in [2.45, 2.75) is 13.5 Å². The molecule has 0 aromatic carbocycles. The largest absolute Gasteiger partial charge is 0.317 e. The Morgan fingerprint density at radius 1 is 1.35 bits per heavy atom. The van der Waals surface area contributed by atoms with Crippen LogP contribution in [-0.2, 0) is 13.6 Å². The van der Waals surface area contributed by atoms with Gasteiger partial charge < -0.3 is 9.13 Å². The van der Waals surface area contributed by atoms with Crippen LogP contribution in [0.5, 0.6) is 0 Å². The fourth-order valence-corrected chi connectivity index (χ4v) is 2.68. The van der Waals surface area contributed by atoms with Gasteiger partial charge in [-0.05, 0) is 44.8 Å². The Bertz CT molecular complexity index is 617. The second kappa shape index (κ2) is 4.73. The number of hydrogen-bond acceptors (Lipinski definition) is 3. The van der Waals surface area contributed by atoms with Crippen LogP contribution in [0.2, 0.25) is 0 Å². The molecule has 0 amide bonds. The van der Waals surface area contributed by atoms with Crippen molar-refractivity contribution in [3.63, 3.8) is 0 Å². The zero-order chi connectivity index (χ0) is 12.6. The van der Waals surface area contributed by atoms with Crippen LogP contribution >= 0.6 is 31.9 Å². The Hall–Kier alpha value is -0.950. The number of hydrogen-bond donors (Lipinski definition) is 0. The second-order valence-electron chi connectivity index (χ2n) is 3.66. The minimum Gasteiger partial charge on any atom is -0.317 e. The third kappa shape index (κ3) is 2.50. The van der Waals surface area contributed by atoms with E-state index in [0.29, 0.717) is 11.0 Å². The molecule has 2 aromatic rings. The second-order valence-corrected chi connectivity index (χ2v) is 5.43. The number of pyridine rings is 1. The van der Waals surface area contributed by atoms with Gasteiger partial charge >= 0.3 is 0 Å². The number of aromatic nitrogens is 4. The molecule has 2 rings (SSSR count). The smallest absolute Gasteiger partial charge is 0.265 e. The van der Waals surface area contributed by atoms with Crippen LogP contribution < -0.4 is 5.56 Å². The van der Waals surface area contributed by atoms with Crippen molar-refractivity contribution in [3.8, 4) is 0 Å². The van der Waals surface area contributed by atoms with Crippen LogP contribution in [-0.4, -0.2) is 19.3 Å². The standard InChI is InChI=1S/C10H10Br2N4O/c1-6-13-14-9(15(6)2)5-16-4-7(11)3-8(12)10(16)17/h3-4H,5H2,1-2H3. The van der Waals surface area contributed by atoms with E-state index in [1.807, 2.05) is 18.5 Å². The van der Waals surface area contributed by atoms with Crippen LogP contribution in [0.25, 0.3) is 0 Å². The normalized spacial score (nSPS) is 10.8. The quantitative estimate of drug-likeness (QED) is 0.820. The monoisotopic (exact) mass is 360 g/mol. The Balaban J connectivity index is 2.43. The van der Waals surface area contributed by atoms with Crippen molar-refractivity contribution in [2.24, 2.45) is 7.05 Å². The molecule has 0 aliphatic carbocycles. The molecule has 0 aliphatic rings. The fourth-order valence-electron chi connectivity index (χ4n) is 1.42. The summed E-state index contributed by atoms with van der Waals surface area (Å²) in [6.07, 6.45) is 1.73. The Kier molecular flexibility index (Phi) is 3.48. The predicted molar refractivity (Wildman–Crippen MR) is 70.9 cm³/mol. The molecule has 2 aromatic heterocycles. The van der Waals surface area contributed by atoms with Crippen molar-refractivity contribution >= 4 is 31.9 Å². The van der Waals surface area contributed by atoms with Gasteiger partial charge in [-0.25, -0.2) is 0 Å². The van der Waals surface area contributed by atoms with Gasteiger partial charge in [0.15, 0.2) is 5.82 Å². The van der Waals surface area contributed by atoms with Crippen LogP contribution in [0.1, 0.15) is 11.6 Å². The highest BCUT2D eigenvalue weighted by Crippen LogP contribution is 2.13. The van der Waals surface area contributed by atoms with Crippen LogP contribution in [0.4, 0.5) is 0 Å². The van der Waals surface area contributed by atoms with Gasteiger partial charge in [0.05, 0.1) is 11.0 Å². The van der Waals surface area contributed by atoms with E-state index in [4.69, 9.17) is 0 Å². The highest BCUT2D eigenvalue weighted by atomic mass is 79.9. The van der Waals surface area contributed by atoms with Crippen LogP contribution in [0.3, 0.4) is 0 Å². The van der Waals surface area contributed by atoms with Gasteiger partial charge in [-0.15, -0.1) is 10.2 Å². The highest BCUT2D eigenvalue weighted by molar-refractivity contribution is 9.11. The van der Waals surface area contributed by atoms with Gasteiger partial charge in [0.1, 0.15) is 5.82 Å². The van der Waals surface area contributed by atoms with Crippen molar-refractivity contribution in [3.05, 3.63) is 43.2 Å². The first-order valence-electron chi connectivity index (χ1n) is 4.89. The molecule has 0 aliphatic heterocycles. The maximum atomic E-state index is 11.9. The van der Waals surface area contributed by atoms with Gasteiger partial charge in [-0.3, -0.25) is 4.79 Å². The van der Waals surface area contributed by atoms with E-state index < -0.39 is 0 Å². The minimum absolute atomic E-state index is 0.0890. The first kappa shape index (κ1) is 12.5. The molecule has 7 heteroatoms. The molecular formula is C10H10Br2N4O. The van der Waals surface area contributed by atoms with Gasteiger partial charge in [0, 0.05) is 17.7 Å². The summed E-state index contributed by atoms with van der Waals surface area (Å²) >= 11 is 6.58. The summed E-state index contributed by atoms with van der Waals surface area (Å²) in [6.45, 7) is 2.27. The molecule has 0 atom stereocenters. The molecule has 0 bridgehead atoms. The molecule has 2 heterocycles. The number of halogens is 2. The molecule has 0 fully saturated rings. The zero-order valence-corrected chi connectivity index (χ0v) is 12.5. The lowest BCUT2D eigenvalue weighted by Gasteiger charge is -2.06. The van der Waals surface area contributed by atoms with Gasteiger partial charge in [0.25, 0.3) is 5.56 Å². The summed E-state index contributed by atoms with van der Waals surface area (Å²) in [5.41, 5.74) is -0.0890. The molecule has 0 unspecified atom stereocenters. The maximum Gasteiger partial charge on any atom is 0.265 e. The minimum atomic E-state index is -0.0890. The first-order chi connectivity index (χ1) is 7.99. The summed E-state index contributed by atoms with van der Waals surface area (Å²) < 4.78 is 4.80. The SMILES string of the molecule is Cc1nnc(Cn2cc(Br)cc(Br)c2=O)n1C. The average molecular weight is 362 g/mol. The molecule has 0 radical (unpaired) electrons. The van der Waals surface area contributed by atoms with Crippen LogP contribution in [0, 0.1) is 6.92 Å². The average Bonchev–Trinajstić information content (AvgIpc) is 2.57. The molecule has 5 nitrogen and oxygen atoms in total. The van der Waals surface area contributed by atoms with Crippen molar-refractivity contribution in [1.29, 1.82) is 0 Å². The van der Waals surface area contributed by atoms with Crippen molar-refractivity contribution < 1.29 is 0 Å². The molecule has 0 saturated heterocycles. The Morgan fingerprint density at radius 2 is 2.06 bits per heavy atom. The Morgan fingerprint density at radius 3 is 2.65 bits per heavy atom. The van der Waals surface area contributed by atoms with Gasteiger partial charge in [0.2, 0.25) is 0 Å². The summed E-state index contributed by atoms with van der Waals surface area (Å²) in [7, 11) is 1.88. The molecule has 0 spiro atoms. The third-order valence-corrected chi connectivity index (χ3v) is 3.51. The van der Waals surface area contributed by atoms with Crippen LogP contribution in [0.15, 0.2) is 26.0 Å². The van der Waals surface area contributed by atoms with E-state index in [0.717, 1.165) is 16.1 Å². The summed E-state index contributed by atoms with van der Waals surface area (Å²) in [5.74, 6) is 1.57. The number of rotatable bonds is 2. The number of aryl methyl sites for hydroxylation is 1. The molecule has 17 heavy (non-hydrogen) atoms. The van der Waals surface area contributed by atoms with E-state index in [2.05, 4.69) is 42.1 Å². The van der Waals surface area contributed by atoms with Crippen molar-refractivity contribution in [1.82, 2.24) is 19.3 Å². The number of nitrogens with zero attached hydrogens (tertiary/aromatic N) is 4. The molecule has 0 N–H and O–H groups in total. The van der Waals surface area contributed by atoms with Gasteiger partial charge in [-0.1, -0.05) is 0 Å². The highest BCUT2D eigenvalue weighted by Gasteiger charge is 2.09. The lowest BCUT2D eigenvalue weighted by atomic mass is 10.4. The van der Waals surface area contributed by atoms with E-state index >= 15 is 0 Å². The lowest BCUT2D eigenvalue weighted by Crippen LogP contribution is -2.22. The summed E-state index contributed by atoms with van der Waals surface area (Å²) in [4.78, 5) is 11.9. The van der Waals surface area contributed by atoms with E-state index in [-0.39, 0.29) is 5.56 Å². The van der Waals surface area contributed by atoms with E-state index in [1.54, 1.807) is 16.8 Å². The fraction of sp³-hybridized carbons (Fsp3) is 0.300. The summed E-state index contributed by atoms with van der Waals surface area (Å²) in [6, 6.07) is 1.72. The molecule has 0 saturated carbocycles.